The summed E-state index contributed by atoms with van der Waals surface area (Å²) in [5.74, 6) is -2.10. The second-order valence-corrected chi connectivity index (χ2v) is 8.73. The maximum Gasteiger partial charge on any atom is 0.329 e. The molecule has 3 aliphatic rings. The third-order valence-corrected chi connectivity index (χ3v) is 6.80. The highest BCUT2D eigenvalue weighted by molar-refractivity contribution is 6.35. The predicted molar refractivity (Wildman–Crippen MR) is 105 cm³/mol. The summed E-state index contributed by atoms with van der Waals surface area (Å²) in [5.41, 5.74) is 0.293. The number of likely N-dealkylation sites (tertiary alicyclic amines) is 1. The molecule has 1 heterocycles. The maximum atomic E-state index is 12.8. The molecule has 1 N–H and O–H groups in total. The molecule has 29 heavy (non-hydrogen) atoms. The van der Waals surface area contributed by atoms with Crippen LogP contribution in [0.25, 0.3) is 0 Å². The van der Waals surface area contributed by atoms with Gasteiger partial charge < -0.3 is 10.1 Å². The minimum atomic E-state index is -1.07. The Hall–Kier alpha value is -2.12. The van der Waals surface area contributed by atoms with Crippen molar-refractivity contribution in [3.8, 4) is 0 Å². The fraction of sp³-hybridized carbons (Fsp3) is 0.500. The summed E-state index contributed by atoms with van der Waals surface area (Å²) in [4.78, 5) is 51.1. The number of imide groups is 1. The van der Waals surface area contributed by atoms with E-state index in [9.17, 15) is 19.2 Å². The molecule has 5 atom stereocenters. The number of nitrogens with zero attached hydrogens (tertiary/aromatic N) is 1. The Labute approximate surface area is 177 Å². The Bertz CT molecular complexity index is 877. The molecule has 2 aliphatic carbocycles. The van der Waals surface area contributed by atoms with E-state index in [1.807, 2.05) is 0 Å². The number of carbonyl (C=O) groups excluding carboxylic acids is 4. The van der Waals surface area contributed by atoms with Crippen molar-refractivity contribution in [2.24, 2.45) is 23.7 Å². The lowest BCUT2D eigenvalue weighted by Crippen LogP contribution is -2.45. The lowest BCUT2D eigenvalue weighted by molar-refractivity contribution is -0.159. The first-order valence-electron chi connectivity index (χ1n) is 9.56. The summed E-state index contributed by atoms with van der Waals surface area (Å²) >= 11 is 11.9. The molecule has 2 bridgehead atoms. The van der Waals surface area contributed by atoms with Gasteiger partial charge in [0.05, 0.1) is 22.5 Å². The van der Waals surface area contributed by atoms with Crippen LogP contribution < -0.4 is 5.32 Å². The van der Waals surface area contributed by atoms with E-state index in [1.165, 1.54) is 19.1 Å². The normalized spacial score (nSPS) is 28.4. The van der Waals surface area contributed by atoms with E-state index in [0.29, 0.717) is 10.7 Å². The maximum absolute atomic E-state index is 12.8. The monoisotopic (exact) mass is 438 g/mol. The van der Waals surface area contributed by atoms with Crippen LogP contribution in [0.15, 0.2) is 18.2 Å². The van der Waals surface area contributed by atoms with E-state index in [-0.39, 0.29) is 40.5 Å². The Morgan fingerprint density at radius 1 is 1.17 bits per heavy atom. The molecule has 0 spiro atoms. The average molecular weight is 439 g/mol. The standard InChI is InChI=1S/C20H20Cl2N2O5/c1-9(24-18(26)16-10-2-3-11(6-10)17(16)19(24)27)20(28)29-8-15(25)23-14-7-12(21)4-5-13(14)22/h4-5,7,9-11,16-17H,2-3,6,8H2,1H3,(H,23,25)/t9-,10+,11+,16+,17+/m1/s1. The van der Waals surface area contributed by atoms with Crippen molar-refractivity contribution in [2.75, 3.05) is 11.9 Å². The summed E-state index contributed by atoms with van der Waals surface area (Å²) in [5, 5.41) is 3.18. The van der Waals surface area contributed by atoms with Gasteiger partial charge >= 0.3 is 5.97 Å². The van der Waals surface area contributed by atoms with Crippen LogP contribution in [0.1, 0.15) is 26.2 Å². The van der Waals surface area contributed by atoms with Gasteiger partial charge in [0.25, 0.3) is 5.91 Å². The molecule has 3 amide bonds. The quantitative estimate of drug-likeness (QED) is 0.563. The second kappa shape index (κ2) is 7.61. The molecule has 1 aromatic carbocycles. The molecule has 154 valence electrons. The first kappa shape index (κ1) is 20.2. The van der Waals surface area contributed by atoms with Gasteiger partial charge in [-0.25, -0.2) is 4.79 Å². The lowest BCUT2D eigenvalue weighted by Gasteiger charge is -2.23. The number of hydrogen-bond donors (Lipinski definition) is 1. The molecule has 2 saturated carbocycles. The van der Waals surface area contributed by atoms with Crippen LogP contribution in [-0.4, -0.2) is 41.2 Å². The van der Waals surface area contributed by atoms with Crippen LogP contribution in [0.4, 0.5) is 5.69 Å². The smallest absolute Gasteiger partial charge is 0.329 e. The molecule has 3 fully saturated rings. The summed E-state index contributed by atoms with van der Waals surface area (Å²) in [6.45, 7) is 0.882. The lowest BCUT2D eigenvalue weighted by atomic mass is 9.81. The van der Waals surface area contributed by atoms with Crippen molar-refractivity contribution in [2.45, 2.75) is 32.2 Å². The Morgan fingerprint density at radius 3 is 2.41 bits per heavy atom. The molecule has 1 saturated heterocycles. The molecular weight excluding hydrogens is 419 g/mol. The third kappa shape index (κ3) is 3.51. The van der Waals surface area contributed by atoms with E-state index in [1.54, 1.807) is 6.07 Å². The first-order valence-corrected chi connectivity index (χ1v) is 10.3. The van der Waals surface area contributed by atoms with Crippen molar-refractivity contribution in [1.29, 1.82) is 0 Å². The van der Waals surface area contributed by atoms with Crippen LogP contribution in [0.3, 0.4) is 0 Å². The van der Waals surface area contributed by atoms with Crippen molar-refractivity contribution >= 4 is 52.6 Å². The minimum absolute atomic E-state index is 0.239. The average Bonchev–Trinajstić information content (AvgIpc) is 3.36. The second-order valence-electron chi connectivity index (χ2n) is 7.89. The highest BCUT2D eigenvalue weighted by atomic mass is 35.5. The molecule has 1 aromatic rings. The molecule has 0 aromatic heterocycles. The van der Waals surface area contributed by atoms with Crippen molar-refractivity contribution in [1.82, 2.24) is 4.90 Å². The van der Waals surface area contributed by atoms with Crippen molar-refractivity contribution in [3.63, 3.8) is 0 Å². The number of anilines is 1. The fourth-order valence-corrected chi connectivity index (χ4v) is 5.29. The Kier molecular flexibility index (Phi) is 5.29. The molecule has 7 nitrogen and oxygen atoms in total. The van der Waals surface area contributed by atoms with Gasteiger partial charge in [-0.1, -0.05) is 23.2 Å². The molecule has 4 rings (SSSR count). The van der Waals surface area contributed by atoms with E-state index in [4.69, 9.17) is 27.9 Å². The topological polar surface area (TPSA) is 92.8 Å². The van der Waals surface area contributed by atoms with Crippen LogP contribution in [0.5, 0.6) is 0 Å². The molecule has 0 radical (unpaired) electrons. The molecule has 1 aliphatic heterocycles. The predicted octanol–water partition coefficient (Wildman–Crippen LogP) is 2.89. The summed E-state index contributed by atoms with van der Waals surface area (Å²) < 4.78 is 5.04. The Balaban J connectivity index is 1.35. The van der Waals surface area contributed by atoms with Gasteiger partial charge in [-0.15, -0.1) is 0 Å². The van der Waals surface area contributed by atoms with Gasteiger partial charge in [-0.2, -0.15) is 0 Å². The molecular formula is C20H20Cl2N2O5. The van der Waals surface area contributed by atoms with E-state index in [2.05, 4.69) is 5.32 Å². The van der Waals surface area contributed by atoms with Gasteiger partial charge in [-0.3, -0.25) is 19.3 Å². The zero-order valence-corrected chi connectivity index (χ0v) is 17.2. The van der Waals surface area contributed by atoms with E-state index >= 15 is 0 Å². The SMILES string of the molecule is C[C@H](C(=O)OCC(=O)Nc1cc(Cl)ccc1Cl)N1C(=O)[C@H]2[C@H]3CC[C@@H](C3)[C@@H]2C1=O. The number of hydrogen-bond acceptors (Lipinski definition) is 5. The van der Waals surface area contributed by atoms with Crippen LogP contribution in [-0.2, 0) is 23.9 Å². The minimum Gasteiger partial charge on any atom is -0.454 e. The number of ether oxygens (including phenoxy) is 1. The fourth-order valence-electron chi connectivity index (χ4n) is 4.96. The number of amides is 3. The number of benzene rings is 1. The van der Waals surface area contributed by atoms with Gasteiger partial charge in [0.2, 0.25) is 11.8 Å². The van der Waals surface area contributed by atoms with Gasteiger partial charge in [0, 0.05) is 5.02 Å². The number of esters is 1. The molecule has 0 unspecified atom stereocenters. The summed E-state index contributed by atoms with van der Waals surface area (Å²) in [6.07, 6.45) is 2.85. The number of halogens is 2. The number of nitrogens with one attached hydrogen (secondary N) is 1. The number of fused-ring (bicyclic) bond motifs is 5. The largest absolute Gasteiger partial charge is 0.454 e. The number of carbonyl (C=O) groups is 4. The van der Waals surface area contributed by atoms with Crippen LogP contribution >= 0.6 is 23.2 Å². The highest BCUT2D eigenvalue weighted by Gasteiger charge is 2.62. The van der Waals surface area contributed by atoms with Gasteiger partial charge in [0.15, 0.2) is 6.61 Å². The third-order valence-electron chi connectivity index (χ3n) is 6.24. The molecule has 9 heteroatoms. The zero-order valence-electron chi connectivity index (χ0n) is 15.7. The van der Waals surface area contributed by atoms with Crippen LogP contribution in [0.2, 0.25) is 10.0 Å². The van der Waals surface area contributed by atoms with Gasteiger partial charge in [0.1, 0.15) is 6.04 Å². The first-order chi connectivity index (χ1) is 13.8. The number of rotatable bonds is 5. The summed E-state index contributed by atoms with van der Waals surface area (Å²) in [7, 11) is 0. The van der Waals surface area contributed by atoms with Gasteiger partial charge in [-0.05, 0) is 56.2 Å². The highest BCUT2D eigenvalue weighted by Crippen LogP contribution is 2.56. The van der Waals surface area contributed by atoms with E-state index in [0.717, 1.165) is 24.2 Å². The van der Waals surface area contributed by atoms with Crippen LogP contribution in [0, 0.1) is 23.7 Å². The zero-order chi connectivity index (χ0) is 20.9. The van der Waals surface area contributed by atoms with E-state index < -0.39 is 24.5 Å². The van der Waals surface area contributed by atoms with Crippen molar-refractivity contribution < 1.29 is 23.9 Å². The Morgan fingerprint density at radius 2 is 1.79 bits per heavy atom. The summed E-state index contributed by atoms with van der Waals surface area (Å²) in [6, 6.07) is 3.51. The van der Waals surface area contributed by atoms with Crippen molar-refractivity contribution in [3.05, 3.63) is 28.2 Å².